The van der Waals surface area contributed by atoms with Crippen molar-refractivity contribution in [2.75, 3.05) is 19.7 Å². The van der Waals surface area contributed by atoms with Crippen molar-refractivity contribution >= 4 is 17.5 Å². The van der Waals surface area contributed by atoms with Gasteiger partial charge in [0.1, 0.15) is 5.38 Å². The second kappa shape index (κ2) is 4.53. The molecule has 2 atom stereocenters. The smallest absolute Gasteiger partial charge is 0.240 e. The van der Waals surface area contributed by atoms with Gasteiger partial charge < -0.3 is 10.0 Å². The van der Waals surface area contributed by atoms with Crippen LogP contribution in [0.25, 0.3) is 0 Å². The molecular weight excluding hydrogens is 226 g/mol. The van der Waals surface area contributed by atoms with E-state index >= 15 is 0 Å². The maximum Gasteiger partial charge on any atom is 0.240 e. The standard InChI is InChI=1S/C12H20ClNO2/c1-9(13)11(16)14-6-10(7-15)12(8-14)4-2-3-5-12/h9-10,15H,2-8H2,1H3/t9-,10+/m1/s1. The summed E-state index contributed by atoms with van der Waals surface area (Å²) < 4.78 is 0. The molecule has 0 bridgehead atoms. The first kappa shape index (κ1) is 12.2. The van der Waals surface area contributed by atoms with Crippen LogP contribution in [0.2, 0.25) is 0 Å². The summed E-state index contributed by atoms with van der Waals surface area (Å²) >= 11 is 5.84. The van der Waals surface area contributed by atoms with Crippen LogP contribution in [0.4, 0.5) is 0 Å². The topological polar surface area (TPSA) is 40.5 Å². The Morgan fingerprint density at radius 2 is 2.19 bits per heavy atom. The van der Waals surface area contributed by atoms with E-state index in [4.69, 9.17) is 11.6 Å². The van der Waals surface area contributed by atoms with E-state index in [1.54, 1.807) is 6.92 Å². The molecule has 0 aromatic heterocycles. The predicted molar refractivity (Wildman–Crippen MR) is 63.4 cm³/mol. The molecule has 1 spiro atoms. The first-order valence-electron chi connectivity index (χ1n) is 6.13. The number of hydrogen-bond donors (Lipinski definition) is 1. The van der Waals surface area contributed by atoms with Crippen molar-refractivity contribution in [1.29, 1.82) is 0 Å². The molecule has 4 heteroatoms. The van der Waals surface area contributed by atoms with Crippen molar-refractivity contribution in [3.63, 3.8) is 0 Å². The third-order valence-corrected chi connectivity index (χ3v) is 4.47. The van der Waals surface area contributed by atoms with Gasteiger partial charge in [0.05, 0.1) is 0 Å². The highest BCUT2D eigenvalue weighted by Gasteiger charge is 2.49. The van der Waals surface area contributed by atoms with E-state index in [2.05, 4.69) is 0 Å². The fourth-order valence-electron chi connectivity index (χ4n) is 3.35. The zero-order valence-corrected chi connectivity index (χ0v) is 10.5. The number of likely N-dealkylation sites (tertiary alicyclic amines) is 1. The lowest BCUT2D eigenvalue weighted by Gasteiger charge is -2.28. The fraction of sp³-hybridized carbons (Fsp3) is 0.917. The van der Waals surface area contributed by atoms with Crippen LogP contribution >= 0.6 is 11.6 Å². The second-order valence-corrected chi connectivity index (χ2v) is 5.94. The Balaban J connectivity index is 2.10. The summed E-state index contributed by atoms with van der Waals surface area (Å²) in [6.45, 7) is 3.40. The zero-order chi connectivity index (χ0) is 11.8. The lowest BCUT2D eigenvalue weighted by atomic mass is 9.77. The molecule has 1 aliphatic carbocycles. The molecule has 0 radical (unpaired) electrons. The maximum atomic E-state index is 11.9. The normalized spacial score (nSPS) is 29.9. The highest BCUT2D eigenvalue weighted by Crippen LogP contribution is 2.48. The van der Waals surface area contributed by atoms with E-state index in [0.717, 1.165) is 19.4 Å². The molecule has 1 aliphatic heterocycles. The van der Waals surface area contributed by atoms with E-state index in [9.17, 15) is 9.90 Å². The Hall–Kier alpha value is -0.280. The third-order valence-electron chi connectivity index (χ3n) is 4.28. The Labute approximate surface area is 102 Å². The summed E-state index contributed by atoms with van der Waals surface area (Å²) in [5.74, 6) is 0.276. The van der Waals surface area contributed by atoms with Gasteiger partial charge in [-0.25, -0.2) is 0 Å². The van der Waals surface area contributed by atoms with Gasteiger partial charge in [-0.1, -0.05) is 12.8 Å². The monoisotopic (exact) mass is 245 g/mol. The second-order valence-electron chi connectivity index (χ2n) is 5.28. The molecule has 1 saturated carbocycles. The molecule has 3 nitrogen and oxygen atoms in total. The number of alkyl halides is 1. The summed E-state index contributed by atoms with van der Waals surface area (Å²) in [5.41, 5.74) is 0.191. The number of amides is 1. The van der Waals surface area contributed by atoms with Crippen molar-refractivity contribution < 1.29 is 9.90 Å². The zero-order valence-electron chi connectivity index (χ0n) is 9.79. The lowest BCUT2D eigenvalue weighted by molar-refractivity contribution is -0.129. The minimum absolute atomic E-state index is 0.0175. The van der Waals surface area contributed by atoms with Gasteiger partial charge in [-0.3, -0.25) is 4.79 Å². The maximum absolute atomic E-state index is 11.9. The van der Waals surface area contributed by atoms with Crippen LogP contribution in [0.1, 0.15) is 32.6 Å². The SMILES string of the molecule is C[C@@H](Cl)C(=O)N1C[C@@H](CO)C2(CCCC2)C1. The lowest BCUT2D eigenvalue weighted by Crippen LogP contribution is -2.35. The molecule has 2 aliphatic rings. The van der Waals surface area contributed by atoms with Gasteiger partial charge in [0.15, 0.2) is 0 Å². The van der Waals surface area contributed by atoms with Crippen LogP contribution in [-0.4, -0.2) is 41.0 Å². The van der Waals surface area contributed by atoms with Crippen LogP contribution in [0, 0.1) is 11.3 Å². The molecule has 0 aromatic carbocycles. The molecule has 2 rings (SSSR count). The molecule has 1 saturated heterocycles. The van der Waals surface area contributed by atoms with Crippen LogP contribution in [0.5, 0.6) is 0 Å². The quantitative estimate of drug-likeness (QED) is 0.752. The van der Waals surface area contributed by atoms with Gasteiger partial charge in [-0.05, 0) is 25.2 Å². The average Bonchev–Trinajstić information content (AvgIpc) is 2.86. The number of aliphatic hydroxyl groups excluding tert-OH is 1. The van der Waals surface area contributed by atoms with Gasteiger partial charge in [-0.15, -0.1) is 11.6 Å². The summed E-state index contributed by atoms with van der Waals surface area (Å²) in [6, 6.07) is 0. The molecule has 0 aromatic rings. The molecule has 1 heterocycles. The van der Waals surface area contributed by atoms with Crippen molar-refractivity contribution in [3.8, 4) is 0 Å². The van der Waals surface area contributed by atoms with Crippen LogP contribution < -0.4 is 0 Å². The van der Waals surface area contributed by atoms with Crippen LogP contribution in [-0.2, 0) is 4.79 Å². The molecule has 2 fully saturated rings. The number of carbonyl (C=O) groups excluding carboxylic acids is 1. The Bertz CT molecular complexity index is 274. The van der Waals surface area contributed by atoms with Gasteiger partial charge in [-0.2, -0.15) is 0 Å². The van der Waals surface area contributed by atoms with E-state index in [0.29, 0.717) is 6.54 Å². The molecule has 92 valence electrons. The van der Waals surface area contributed by atoms with E-state index < -0.39 is 5.38 Å². The van der Waals surface area contributed by atoms with Gasteiger partial charge in [0.25, 0.3) is 0 Å². The third kappa shape index (κ3) is 1.95. The number of hydrogen-bond acceptors (Lipinski definition) is 2. The summed E-state index contributed by atoms with van der Waals surface area (Å²) in [6.07, 6.45) is 4.77. The van der Waals surface area contributed by atoms with Crippen molar-refractivity contribution in [3.05, 3.63) is 0 Å². The fourth-order valence-corrected chi connectivity index (χ4v) is 3.49. The summed E-state index contributed by atoms with van der Waals surface area (Å²) in [5, 5.41) is 9.01. The predicted octanol–water partition coefficient (Wildman–Crippen LogP) is 1.62. The van der Waals surface area contributed by atoms with E-state index in [1.807, 2.05) is 4.90 Å². The van der Waals surface area contributed by atoms with E-state index in [1.165, 1.54) is 12.8 Å². The van der Waals surface area contributed by atoms with Gasteiger partial charge in [0.2, 0.25) is 5.91 Å². The average molecular weight is 246 g/mol. The number of rotatable bonds is 2. The first-order valence-corrected chi connectivity index (χ1v) is 6.56. The Kier molecular flexibility index (Phi) is 3.45. The van der Waals surface area contributed by atoms with Crippen molar-refractivity contribution in [1.82, 2.24) is 4.90 Å². The van der Waals surface area contributed by atoms with E-state index in [-0.39, 0.29) is 23.8 Å². The molecule has 1 amide bonds. The highest BCUT2D eigenvalue weighted by atomic mass is 35.5. The molecular formula is C12H20ClNO2. The minimum atomic E-state index is -0.448. The Morgan fingerprint density at radius 3 is 2.69 bits per heavy atom. The number of carbonyl (C=O) groups is 1. The minimum Gasteiger partial charge on any atom is -0.396 e. The van der Waals surface area contributed by atoms with Gasteiger partial charge in [0, 0.05) is 25.6 Å². The summed E-state index contributed by atoms with van der Waals surface area (Å²) in [7, 11) is 0. The van der Waals surface area contributed by atoms with Gasteiger partial charge >= 0.3 is 0 Å². The number of halogens is 1. The molecule has 1 N–H and O–H groups in total. The number of nitrogens with zero attached hydrogens (tertiary/aromatic N) is 1. The number of aliphatic hydroxyl groups is 1. The molecule has 16 heavy (non-hydrogen) atoms. The van der Waals surface area contributed by atoms with Crippen molar-refractivity contribution in [2.45, 2.75) is 38.0 Å². The van der Waals surface area contributed by atoms with Crippen molar-refractivity contribution in [2.24, 2.45) is 11.3 Å². The van der Waals surface area contributed by atoms with Crippen LogP contribution in [0.3, 0.4) is 0 Å². The largest absolute Gasteiger partial charge is 0.396 e. The highest BCUT2D eigenvalue weighted by molar-refractivity contribution is 6.30. The Morgan fingerprint density at radius 1 is 1.56 bits per heavy atom. The summed E-state index contributed by atoms with van der Waals surface area (Å²) in [4.78, 5) is 13.7. The van der Waals surface area contributed by atoms with Crippen LogP contribution in [0.15, 0.2) is 0 Å². The first-order chi connectivity index (χ1) is 7.59. The molecule has 0 unspecified atom stereocenters.